The molecule has 0 radical (unpaired) electrons. The van der Waals surface area contributed by atoms with Crippen molar-refractivity contribution in [3.63, 3.8) is 0 Å². The van der Waals surface area contributed by atoms with Crippen LogP contribution in [0.15, 0.2) is 0 Å². The van der Waals surface area contributed by atoms with Crippen LogP contribution in [0.25, 0.3) is 0 Å². The van der Waals surface area contributed by atoms with Crippen LogP contribution in [0.5, 0.6) is 0 Å². The van der Waals surface area contributed by atoms with Crippen LogP contribution in [-0.2, 0) is 0 Å². The molecule has 0 aliphatic heterocycles. The maximum atomic E-state index is 3.87. The third-order valence-electron chi connectivity index (χ3n) is 6.21. The normalized spacial score (nSPS) is 10.5. The molecule has 0 spiro atoms. The van der Waals surface area contributed by atoms with Gasteiger partial charge < -0.3 is 13.8 Å². The van der Waals surface area contributed by atoms with Gasteiger partial charge in [0, 0.05) is 0 Å². The van der Waals surface area contributed by atoms with Crippen LogP contribution in [0.2, 0.25) is 0 Å². The first-order valence-corrected chi connectivity index (χ1v) is 14.4. The van der Waals surface area contributed by atoms with E-state index >= 15 is 0 Å². The van der Waals surface area contributed by atoms with Gasteiger partial charge in [-0.05, 0) is 0 Å². The molecule has 31 heavy (non-hydrogen) atoms. The first-order chi connectivity index (χ1) is 14.8. The molecular weight excluding hydrogens is 385 g/mol. The van der Waals surface area contributed by atoms with Crippen LogP contribution >= 0.6 is 0 Å². The molecule has 0 rings (SSSR count). The monoisotopic (exact) mass is 446 g/mol. The Labute approximate surface area is 217 Å². The zero-order valence-electron chi connectivity index (χ0n) is 22.5. The zero-order chi connectivity index (χ0) is 22.4. The van der Waals surface area contributed by atoms with Crippen LogP contribution in [0.1, 0.15) is 181 Å². The molecule has 0 nitrogen and oxygen atoms in total. The van der Waals surface area contributed by atoms with Crippen molar-refractivity contribution < 1.29 is 0 Å². The predicted molar refractivity (Wildman–Crippen MR) is 148 cm³/mol. The van der Waals surface area contributed by atoms with Gasteiger partial charge in [-0.15, -0.1) is 0 Å². The summed E-state index contributed by atoms with van der Waals surface area (Å²) in [4.78, 5) is 0. The van der Waals surface area contributed by atoms with Gasteiger partial charge in [-0.2, -0.15) is 12.8 Å². The van der Waals surface area contributed by atoms with E-state index in [1.54, 1.807) is 0 Å². The average molecular weight is 447 g/mol. The van der Waals surface area contributed by atoms with Gasteiger partial charge in [0.05, 0.1) is 0 Å². The SMILES string of the molecule is [CH2-]CCCCCCCCCCCCCC.[CH2-]CCCCCCCCCCCCCC.[Mg+2]. The first kappa shape index (κ1) is 36.3. The quantitative estimate of drug-likeness (QED) is 0.0784. The Kier molecular flexibility index (Phi) is 44.6. The topological polar surface area (TPSA) is 0 Å². The van der Waals surface area contributed by atoms with Crippen LogP contribution in [0.3, 0.4) is 0 Å². The Hall–Kier alpha value is 0.766. The van der Waals surface area contributed by atoms with Crippen molar-refractivity contribution in [2.45, 2.75) is 181 Å². The van der Waals surface area contributed by atoms with Crippen LogP contribution in [0, 0.1) is 13.8 Å². The van der Waals surface area contributed by atoms with E-state index in [4.69, 9.17) is 0 Å². The van der Waals surface area contributed by atoms with E-state index in [0.29, 0.717) is 0 Å². The third-order valence-corrected chi connectivity index (χ3v) is 6.21. The number of hydrogen-bond donors (Lipinski definition) is 0. The molecule has 0 unspecified atom stereocenters. The smallest absolute Gasteiger partial charge is 0.343 e. The Balaban J connectivity index is -0.000000490. The van der Waals surface area contributed by atoms with Gasteiger partial charge in [-0.3, -0.25) is 0 Å². The molecule has 0 aromatic heterocycles. The van der Waals surface area contributed by atoms with Crippen molar-refractivity contribution in [1.82, 2.24) is 0 Å². The summed E-state index contributed by atoms with van der Waals surface area (Å²) in [5.41, 5.74) is 0. The molecule has 184 valence electrons. The molecule has 0 atom stereocenters. The number of unbranched alkanes of at least 4 members (excludes halogenated alkanes) is 24. The fourth-order valence-electron chi connectivity index (χ4n) is 4.04. The van der Waals surface area contributed by atoms with Crippen LogP contribution in [-0.4, -0.2) is 23.1 Å². The summed E-state index contributed by atoms with van der Waals surface area (Å²) < 4.78 is 0. The van der Waals surface area contributed by atoms with Crippen molar-refractivity contribution in [3.8, 4) is 0 Å². The molecule has 0 amide bonds. The molecule has 0 saturated carbocycles. The largest absolute Gasteiger partial charge is 2.00 e. The Morgan fingerprint density at radius 2 is 0.452 bits per heavy atom. The maximum Gasteiger partial charge on any atom is 2.00 e. The second-order valence-electron chi connectivity index (χ2n) is 9.49. The zero-order valence-corrected chi connectivity index (χ0v) is 23.9. The molecular formula is C30H62Mg. The summed E-state index contributed by atoms with van der Waals surface area (Å²) in [6, 6.07) is 0. The van der Waals surface area contributed by atoms with Crippen molar-refractivity contribution in [1.29, 1.82) is 0 Å². The minimum Gasteiger partial charge on any atom is -0.343 e. The van der Waals surface area contributed by atoms with Gasteiger partial charge >= 0.3 is 23.1 Å². The summed E-state index contributed by atoms with van der Waals surface area (Å²) in [6.45, 7) is 12.3. The molecule has 0 fully saturated rings. The summed E-state index contributed by atoms with van der Waals surface area (Å²) >= 11 is 0. The van der Waals surface area contributed by atoms with E-state index in [1.807, 2.05) is 0 Å². The summed E-state index contributed by atoms with van der Waals surface area (Å²) in [5.74, 6) is 0. The fraction of sp³-hybridized carbons (Fsp3) is 0.933. The molecule has 0 aromatic carbocycles. The maximum absolute atomic E-state index is 3.87. The van der Waals surface area contributed by atoms with Gasteiger partial charge in [0.25, 0.3) is 0 Å². The number of hydrogen-bond acceptors (Lipinski definition) is 0. The molecule has 0 N–H and O–H groups in total. The molecule has 0 heterocycles. The minimum atomic E-state index is 0. The van der Waals surface area contributed by atoms with E-state index in [2.05, 4.69) is 27.7 Å². The van der Waals surface area contributed by atoms with Crippen molar-refractivity contribution in [3.05, 3.63) is 13.8 Å². The second kappa shape index (κ2) is 38.0. The van der Waals surface area contributed by atoms with Gasteiger partial charge in [-0.25, -0.2) is 0 Å². The van der Waals surface area contributed by atoms with E-state index in [0.717, 1.165) is 12.8 Å². The summed E-state index contributed by atoms with van der Waals surface area (Å²) in [5, 5.41) is 0. The number of rotatable bonds is 24. The third kappa shape index (κ3) is 41.5. The van der Waals surface area contributed by atoms with Gasteiger partial charge in [-0.1, -0.05) is 168 Å². The van der Waals surface area contributed by atoms with Crippen molar-refractivity contribution >= 4 is 23.1 Å². The second-order valence-corrected chi connectivity index (χ2v) is 9.49. The van der Waals surface area contributed by atoms with Gasteiger partial charge in [0.1, 0.15) is 0 Å². The van der Waals surface area contributed by atoms with E-state index in [1.165, 1.54) is 154 Å². The van der Waals surface area contributed by atoms with Crippen LogP contribution < -0.4 is 0 Å². The van der Waals surface area contributed by atoms with E-state index in [9.17, 15) is 0 Å². The Morgan fingerprint density at radius 1 is 0.290 bits per heavy atom. The molecule has 0 aromatic rings. The molecule has 1 heteroatoms. The first-order valence-electron chi connectivity index (χ1n) is 14.4. The van der Waals surface area contributed by atoms with Gasteiger partial charge in [0.2, 0.25) is 0 Å². The standard InChI is InChI=1S/2C15H31.Mg/c2*1-3-5-7-9-11-13-15-14-12-10-8-6-4-2;/h2*1,3-15H2,2H3;/q2*-1;+2. The van der Waals surface area contributed by atoms with E-state index < -0.39 is 0 Å². The van der Waals surface area contributed by atoms with Crippen LogP contribution in [0.4, 0.5) is 0 Å². The summed E-state index contributed by atoms with van der Waals surface area (Å²) in [7, 11) is 0. The fourth-order valence-corrected chi connectivity index (χ4v) is 4.04. The van der Waals surface area contributed by atoms with Crippen molar-refractivity contribution in [2.24, 2.45) is 0 Å². The van der Waals surface area contributed by atoms with Gasteiger partial charge in [0.15, 0.2) is 0 Å². The average Bonchev–Trinajstić information content (AvgIpc) is 2.76. The minimum absolute atomic E-state index is 0. The Bertz CT molecular complexity index is 201. The van der Waals surface area contributed by atoms with Crippen molar-refractivity contribution in [2.75, 3.05) is 0 Å². The molecule has 0 aliphatic carbocycles. The molecule has 0 saturated heterocycles. The molecule has 0 bridgehead atoms. The predicted octanol–water partition coefficient (Wildman–Crippen LogP) is 11.4. The summed E-state index contributed by atoms with van der Waals surface area (Å²) in [6.07, 6.45) is 36.7. The molecule has 0 aliphatic rings. The Morgan fingerprint density at radius 3 is 0.613 bits per heavy atom. The van der Waals surface area contributed by atoms with E-state index in [-0.39, 0.29) is 23.1 Å².